The molecule has 1 aromatic carbocycles. The van der Waals surface area contributed by atoms with Crippen LogP contribution in [0.25, 0.3) is 0 Å². The van der Waals surface area contributed by atoms with Crippen LogP contribution < -0.4 is 0 Å². The fraction of sp³-hybridized carbons (Fsp3) is 0.562. The Morgan fingerprint density at radius 3 is 2.44 bits per heavy atom. The molecule has 0 amide bonds. The molecule has 1 N–H and O–H groups in total. The van der Waals surface area contributed by atoms with Gasteiger partial charge in [0.2, 0.25) is 0 Å². The van der Waals surface area contributed by atoms with Gasteiger partial charge in [-0.05, 0) is 30.5 Å². The molecule has 0 bridgehead atoms. The summed E-state index contributed by atoms with van der Waals surface area (Å²) in [6, 6.07) is 5.37. The van der Waals surface area contributed by atoms with Crippen molar-refractivity contribution in [3.8, 4) is 5.75 Å². The third-order valence-electron chi connectivity index (χ3n) is 3.28. The number of phenols is 1. The normalized spacial score (nSPS) is 10.6. The monoisotopic (exact) mass is 248 g/mol. The Bertz CT molecular complexity index is 383. The topological polar surface area (TPSA) is 37.3 Å². The lowest BCUT2D eigenvalue weighted by atomic mass is 10.0. The van der Waals surface area contributed by atoms with E-state index in [1.54, 1.807) is 12.1 Å². The molecule has 18 heavy (non-hydrogen) atoms. The summed E-state index contributed by atoms with van der Waals surface area (Å²) < 4.78 is 0. The Kier molecular flexibility index (Phi) is 6.48. The summed E-state index contributed by atoms with van der Waals surface area (Å²) in [4.78, 5) is 11.9. The molecule has 2 nitrogen and oxygen atoms in total. The smallest absolute Gasteiger partial charge is 0.166 e. The molecule has 0 aliphatic rings. The summed E-state index contributed by atoms with van der Waals surface area (Å²) >= 11 is 0. The second-order valence-corrected chi connectivity index (χ2v) is 4.79. The quantitative estimate of drug-likeness (QED) is 0.543. The molecule has 0 aromatic heterocycles. The average Bonchev–Trinajstić information content (AvgIpc) is 2.38. The standard InChI is InChI=1S/C16H24O2/c1-3-5-6-7-8-9-15(17)14-11-10-13(4-2)12-16(14)18/h10-12,18H,3-9H2,1-2H3. The first-order valence-corrected chi connectivity index (χ1v) is 7.04. The van der Waals surface area contributed by atoms with Crippen molar-refractivity contribution in [3.05, 3.63) is 29.3 Å². The number of hydrogen-bond acceptors (Lipinski definition) is 2. The van der Waals surface area contributed by atoms with E-state index in [4.69, 9.17) is 0 Å². The van der Waals surface area contributed by atoms with Crippen LogP contribution in [-0.2, 0) is 6.42 Å². The molecule has 0 spiro atoms. The number of unbranched alkanes of at least 4 members (excludes halogenated alkanes) is 4. The van der Waals surface area contributed by atoms with Crippen LogP contribution >= 0.6 is 0 Å². The molecule has 2 heteroatoms. The maximum atomic E-state index is 11.9. The number of Topliss-reactive ketones (excluding diaryl/α,β-unsaturated/α-hetero) is 1. The Hall–Kier alpha value is -1.31. The van der Waals surface area contributed by atoms with Crippen LogP contribution in [0.3, 0.4) is 0 Å². The second kappa shape index (κ2) is 7.91. The molecule has 0 saturated carbocycles. The average molecular weight is 248 g/mol. The van der Waals surface area contributed by atoms with Crippen LogP contribution in [0.15, 0.2) is 18.2 Å². The van der Waals surface area contributed by atoms with Gasteiger partial charge in [-0.25, -0.2) is 0 Å². The number of ketones is 1. The highest BCUT2D eigenvalue weighted by atomic mass is 16.3. The second-order valence-electron chi connectivity index (χ2n) is 4.79. The largest absolute Gasteiger partial charge is 0.507 e. The predicted octanol–water partition coefficient (Wildman–Crippen LogP) is 4.50. The number of carbonyl (C=O) groups is 1. The summed E-state index contributed by atoms with van der Waals surface area (Å²) in [5.41, 5.74) is 1.54. The summed E-state index contributed by atoms with van der Waals surface area (Å²) in [6.07, 6.45) is 7.10. The van der Waals surface area contributed by atoms with Gasteiger partial charge in [0.25, 0.3) is 0 Å². The highest BCUT2D eigenvalue weighted by Gasteiger charge is 2.10. The molecule has 0 atom stereocenters. The number of phenolic OH excluding ortho intramolecular Hbond substituents is 1. The third kappa shape index (κ3) is 4.52. The minimum absolute atomic E-state index is 0.0617. The molecule has 0 aliphatic heterocycles. The first kappa shape index (κ1) is 14.7. The van der Waals surface area contributed by atoms with Crippen molar-refractivity contribution in [2.75, 3.05) is 0 Å². The number of rotatable bonds is 8. The van der Waals surface area contributed by atoms with Gasteiger partial charge >= 0.3 is 0 Å². The highest BCUT2D eigenvalue weighted by Crippen LogP contribution is 2.21. The van der Waals surface area contributed by atoms with Gasteiger partial charge in [-0.3, -0.25) is 4.79 Å². The van der Waals surface area contributed by atoms with E-state index in [0.29, 0.717) is 12.0 Å². The Morgan fingerprint density at radius 1 is 1.11 bits per heavy atom. The number of carbonyl (C=O) groups excluding carboxylic acids is 1. The minimum atomic E-state index is 0.0617. The van der Waals surface area contributed by atoms with Crippen LogP contribution in [-0.4, -0.2) is 10.9 Å². The Labute approximate surface area is 110 Å². The summed E-state index contributed by atoms with van der Waals surface area (Å²) in [6.45, 7) is 4.21. The summed E-state index contributed by atoms with van der Waals surface area (Å²) in [7, 11) is 0. The molecular weight excluding hydrogens is 224 g/mol. The molecule has 100 valence electrons. The number of hydrogen-bond donors (Lipinski definition) is 1. The van der Waals surface area contributed by atoms with Crippen molar-refractivity contribution in [1.82, 2.24) is 0 Å². The van der Waals surface area contributed by atoms with E-state index in [2.05, 4.69) is 6.92 Å². The molecule has 1 aromatic rings. The van der Waals surface area contributed by atoms with Crippen molar-refractivity contribution in [3.63, 3.8) is 0 Å². The molecule has 0 aliphatic carbocycles. The van der Waals surface area contributed by atoms with Crippen LogP contribution in [0.1, 0.15) is 68.3 Å². The fourth-order valence-corrected chi connectivity index (χ4v) is 2.06. The fourth-order valence-electron chi connectivity index (χ4n) is 2.06. The van der Waals surface area contributed by atoms with Gasteiger partial charge in [0.05, 0.1) is 5.56 Å². The van der Waals surface area contributed by atoms with Crippen molar-refractivity contribution < 1.29 is 9.90 Å². The molecule has 0 fully saturated rings. The van der Waals surface area contributed by atoms with Crippen LogP contribution in [0.5, 0.6) is 5.75 Å². The van der Waals surface area contributed by atoms with Crippen LogP contribution in [0.2, 0.25) is 0 Å². The van der Waals surface area contributed by atoms with Gasteiger partial charge in [0, 0.05) is 6.42 Å². The lowest BCUT2D eigenvalue weighted by Gasteiger charge is -2.05. The van der Waals surface area contributed by atoms with Crippen molar-refractivity contribution >= 4 is 5.78 Å². The van der Waals surface area contributed by atoms with Crippen molar-refractivity contribution in [2.24, 2.45) is 0 Å². The Morgan fingerprint density at radius 2 is 1.83 bits per heavy atom. The maximum absolute atomic E-state index is 11.9. The Balaban J connectivity index is 2.46. The first-order chi connectivity index (χ1) is 8.69. The van der Waals surface area contributed by atoms with Crippen molar-refractivity contribution in [1.29, 1.82) is 0 Å². The van der Waals surface area contributed by atoms with E-state index < -0.39 is 0 Å². The van der Waals surface area contributed by atoms with Crippen LogP contribution in [0.4, 0.5) is 0 Å². The molecule has 0 unspecified atom stereocenters. The van der Waals surface area contributed by atoms with Gasteiger partial charge in [0.15, 0.2) is 5.78 Å². The van der Waals surface area contributed by atoms with Crippen LogP contribution in [0, 0.1) is 0 Å². The van der Waals surface area contributed by atoms with Gasteiger partial charge in [-0.15, -0.1) is 0 Å². The zero-order valence-electron chi connectivity index (χ0n) is 11.5. The van der Waals surface area contributed by atoms with Gasteiger partial charge < -0.3 is 5.11 Å². The van der Waals surface area contributed by atoms with E-state index in [-0.39, 0.29) is 11.5 Å². The lowest BCUT2D eigenvalue weighted by molar-refractivity contribution is 0.0976. The van der Waals surface area contributed by atoms with Gasteiger partial charge in [-0.1, -0.05) is 45.6 Å². The first-order valence-electron chi connectivity index (χ1n) is 7.04. The molecule has 1 rings (SSSR count). The van der Waals surface area contributed by atoms with E-state index in [1.165, 1.54) is 19.3 Å². The van der Waals surface area contributed by atoms with Gasteiger partial charge in [0.1, 0.15) is 5.75 Å². The molecule has 0 saturated heterocycles. The van der Waals surface area contributed by atoms with E-state index in [9.17, 15) is 9.90 Å². The maximum Gasteiger partial charge on any atom is 0.166 e. The summed E-state index contributed by atoms with van der Waals surface area (Å²) in [5, 5.41) is 9.81. The summed E-state index contributed by atoms with van der Waals surface area (Å²) in [5.74, 6) is 0.194. The highest BCUT2D eigenvalue weighted by molar-refractivity contribution is 5.98. The zero-order valence-corrected chi connectivity index (χ0v) is 11.5. The lowest BCUT2D eigenvalue weighted by Crippen LogP contribution is -2.00. The number of aryl methyl sites for hydroxylation is 1. The zero-order chi connectivity index (χ0) is 13.4. The van der Waals surface area contributed by atoms with Crippen molar-refractivity contribution in [2.45, 2.75) is 58.8 Å². The predicted molar refractivity (Wildman–Crippen MR) is 75.2 cm³/mol. The van der Waals surface area contributed by atoms with E-state index in [0.717, 1.165) is 24.8 Å². The molecule has 0 radical (unpaired) electrons. The van der Waals surface area contributed by atoms with E-state index >= 15 is 0 Å². The third-order valence-corrected chi connectivity index (χ3v) is 3.28. The van der Waals surface area contributed by atoms with Gasteiger partial charge in [-0.2, -0.15) is 0 Å². The molecular formula is C16H24O2. The number of aromatic hydroxyl groups is 1. The van der Waals surface area contributed by atoms with E-state index in [1.807, 2.05) is 13.0 Å². The number of benzene rings is 1. The molecule has 0 heterocycles. The minimum Gasteiger partial charge on any atom is -0.507 e. The SMILES string of the molecule is CCCCCCCC(=O)c1ccc(CC)cc1O.